The van der Waals surface area contributed by atoms with Crippen LogP contribution in [0.5, 0.6) is 0 Å². The summed E-state index contributed by atoms with van der Waals surface area (Å²) in [5.41, 5.74) is 2.88. The van der Waals surface area contributed by atoms with E-state index in [9.17, 15) is 14.7 Å². The highest BCUT2D eigenvalue weighted by atomic mass is 16.3. The lowest BCUT2D eigenvalue weighted by Crippen LogP contribution is -2.48. The van der Waals surface area contributed by atoms with E-state index < -0.39 is 0 Å². The molecule has 1 atom stereocenters. The van der Waals surface area contributed by atoms with E-state index in [2.05, 4.69) is 11.4 Å². The first-order valence-electron chi connectivity index (χ1n) is 9.78. The van der Waals surface area contributed by atoms with Crippen LogP contribution < -0.4 is 5.32 Å². The van der Waals surface area contributed by atoms with Crippen LogP contribution in [0.4, 0.5) is 0 Å². The highest BCUT2D eigenvalue weighted by molar-refractivity contribution is 5.95. The summed E-state index contributed by atoms with van der Waals surface area (Å²) in [6.45, 7) is 5.20. The lowest BCUT2D eigenvalue weighted by Gasteiger charge is -2.34. The third kappa shape index (κ3) is 4.64. The van der Waals surface area contributed by atoms with Crippen LogP contribution in [-0.4, -0.2) is 47.1 Å². The van der Waals surface area contributed by atoms with Crippen LogP contribution in [0.3, 0.4) is 0 Å². The Labute approximate surface area is 155 Å². The largest absolute Gasteiger partial charge is 0.393 e. The van der Waals surface area contributed by atoms with E-state index in [1.807, 2.05) is 30.9 Å². The number of aryl methyl sites for hydroxylation is 2. The number of nitrogens with one attached hydrogen (secondary N) is 1. The predicted molar refractivity (Wildman–Crippen MR) is 101 cm³/mol. The van der Waals surface area contributed by atoms with Gasteiger partial charge in [-0.15, -0.1) is 0 Å². The van der Waals surface area contributed by atoms with Crippen LogP contribution >= 0.6 is 0 Å². The van der Waals surface area contributed by atoms with Gasteiger partial charge in [-0.2, -0.15) is 0 Å². The van der Waals surface area contributed by atoms with E-state index in [1.54, 1.807) is 0 Å². The molecule has 0 aromatic heterocycles. The molecule has 1 aromatic carbocycles. The number of carbonyl (C=O) groups is 2. The van der Waals surface area contributed by atoms with Crippen molar-refractivity contribution in [3.8, 4) is 0 Å². The standard InChI is InChI=1S/C21H30N2O3/c1-14-10-15(2)12-17(11-14)21(26)23-9-3-4-16(13-23)20(25)22-18-5-7-19(24)8-6-18/h10-12,16,18-19,24H,3-9,13H2,1-2H3,(H,22,25)/t16-,18?,19?/m1/s1. The fraction of sp³-hybridized carbons (Fsp3) is 0.619. The Morgan fingerprint density at radius 3 is 2.35 bits per heavy atom. The van der Waals surface area contributed by atoms with Crippen LogP contribution in [0.1, 0.15) is 60.0 Å². The Balaban J connectivity index is 1.59. The molecule has 2 fully saturated rings. The quantitative estimate of drug-likeness (QED) is 0.872. The molecule has 1 heterocycles. The highest BCUT2D eigenvalue weighted by Gasteiger charge is 2.30. The van der Waals surface area contributed by atoms with Gasteiger partial charge in [0.1, 0.15) is 0 Å². The van der Waals surface area contributed by atoms with Crippen LogP contribution in [0.15, 0.2) is 18.2 Å². The number of likely N-dealkylation sites (tertiary alicyclic amines) is 1. The van der Waals surface area contributed by atoms with Gasteiger partial charge in [-0.3, -0.25) is 9.59 Å². The maximum Gasteiger partial charge on any atom is 0.253 e. The topological polar surface area (TPSA) is 69.6 Å². The summed E-state index contributed by atoms with van der Waals surface area (Å²) in [5.74, 6) is -0.0511. The maximum absolute atomic E-state index is 12.9. The molecule has 0 unspecified atom stereocenters. The van der Waals surface area contributed by atoms with Crippen LogP contribution in [0, 0.1) is 19.8 Å². The zero-order chi connectivity index (χ0) is 18.7. The fourth-order valence-corrected chi connectivity index (χ4v) is 4.20. The molecule has 0 spiro atoms. The fourth-order valence-electron chi connectivity index (χ4n) is 4.20. The average molecular weight is 358 g/mol. The summed E-state index contributed by atoms with van der Waals surface area (Å²) in [6, 6.07) is 6.07. The van der Waals surface area contributed by atoms with Crippen molar-refractivity contribution >= 4 is 11.8 Å². The van der Waals surface area contributed by atoms with Gasteiger partial charge in [0.05, 0.1) is 12.0 Å². The Hall–Kier alpha value is -1.88. The Bertz CT molecular complexity index is 645. The van der Waals surface area contributed by atoms with Crippen LogP contribution in [0.25, 0.3) is 0 Å². The van der Waals surface area contributed by atoms with E-state index in [1.165, 1.54) is 0 Å². The monoisotopic (exact) mass is 358 g/mol. The van der Waals surface area contributed by atoms with Crippen molar-refractivity contribution in [1.82, 2.24) is 10.2 Å². The Morgan fingerprint density at radius 2 is 1.69 bits per heavy atom. The summed E-state index contributed by atoms with van der Waals surface area (Å²) < 4.78 is 0. The lowest BCUT2D eigenvalue weighted by atomic mass is 9.91. The SMILES string of the molecule is Cc1cc(C)cc(C(=O)N2CCC[C@@H](C(=O)NC3CCC(O)CC3)C2)c1. The second-order valence-corrected chi connectivity index (χ2v) is 7.98. The molecular weight excluding hydrogens is 328 g/mol. The molecule has 2 aliphatic rings. The van der Waals surface area contributed by atoms with Crippen molar-refractivity contribution < 1.29 is 14.7 Å². The van der Waals surface area contributed by atoms with Crippen molar-refractivity contribution in [3.63, 3.8) is 0 Å². The van der Waals surface area contributed by atoms with Crippen LogP contribution in [0.2, 0.25) is 0 Å². The van der Waals surface area contributed by atoms with E-state index in [4.69, 9.17) is 0 Å². The number of hydrogen-bond acceptors (Lipinski definition) is 3. The number of aliphatic hydroxyl groups excluding tert-OH is 1. The highest BCUT2D eigenvalue weighted by Crippen LogP contribution is 2.22. The van der Waals surface area contributed by atoms with Gasteiger partial charge in [-0.25, -0.2) is 0 Å². The molecule has 142 valence electrons. The second kappa shape index (κ2) is 8.21. The molecule has 2 amide bonds. The van der Waals surface area contributed by atoms with Crippen molar-refractivity contribution in [2.45, 2.75) is 64.5 Å². The van der Waals surface area contributed by atoms with Crippen molar-refractivity contribution in [3.05, 3.63) is 34.9 Å². The lowest BCUT2D eigenvalue weighted by molar-refractivity contribution is -0.127. The van der Waals surface area contributed by atoms with E-state index >= 15 is 0 Å². The normalized spacial score (nSPS) is 26.4. The van der Waals surface area contributed by atoms with Gasteiger partial charge < -0.3 is 15.3 Å². The number of benzene rings is 1. The number of piperidine rings is 1. The van der Waals surface area contributed by atoms with Gasteiger partial charge >= 0.3 is 0 Å². The first-order chi connectivity index (χ1) is 12.4. The minimum Gasteiger partial charge on any atom is -0.393 e. The summed E-state index contributed by atoms with van der Waals surface area (Å²) in [6.07, 6.45) is 4.66. The number of amides is 2. The van der Waals surface area contributed by atoms with E-state index in [-0.39, 0.29) is 29.9 Å². The van der Waals surface area contributed by atoms with Gasteiger partial charge in [0.25, 0.3) is 5.91 Å². The molecule has 3 rings (SSSR count). The van der Waals surface area contributed by atoms with Crippen LogP contribution in [-0.2, 0) is 4.79 Å². The predicted octanol–water partition coefficient (Wildman–Crippen LogP) is 2.58. The average Bonchev–Trinajstić information content (AvgIpc) is 2.62. The first-order valence-corrected chi connectivity index (χ1v) is 9.78. The van der Waals surface area contributed by atoms with Gasteiger partial charge in [0.2, 0.25) is 5.91 Å². The number of nitrogens with zero attached hydrogens (tertiary/aromatic N) is 1. The molecule has 1 aliphatic carbocycles. The second-order valence-electron chi connectivity index (χ2n) is 7.98. The van der Waals surface area contributed by atoms with Crippen molar-refractivity contribution in [2.24, 2.45) is 5.92 Å². The molecule has 5 heteroatoms. The number of carbonyl (C=O) groups excluding carboxylic acids is 2. The van der Waals surface area contributed by atoms with Gasteiger partial charge in [-0.05, 0) is 64.5 Å². The zero-order valence-corrected chi connectivity index (χ0v) is 15.8. The zero-order valence-electron chi connectivity index (χ0n) is 15.8. The summed E-state index contributed by atoms with van der Waals surface area (Å²) >= 11 is 0. The molecule has 26 heavy (non-hydrogen) atoms. The smallest absolute Gasteiger partial charge is 0.253 e. The number of hydrogen-bond donors (Lipinski definition) is 2. The minimum absolute atomic E-state index is 0.0232. The van der Waals surface area contributed by atoms with E-state index in [0.29, 0.717) is 18.7 Å². The molecular formula is C21H30N2O3. The summed E-state index contributed by atoms with van der Waals surface area (Å²) in [7, 11) is 0. The van der Waals surface area contributed by atoms with Gasteiger partial charge in [-0.1, -0.05) is 17.2 Å². The molecule has 1 aromatic rings. The number of aliphatic hydroxyl groups is 1. The summed E-state index contributed by atoms with van der Waals surface area (Å²) in [4.78, 5) is 27.3. The number of rotatable bonds is 3. The molecule has 5 nitrogen and oxygen atoms in total. The maximum atomic E-state index is 12.9. The molecule has 0 bridgehead atoms. The molecule has 1 saturated carbocycles. The third-order valence-electron chi connectivity index (χ3n) is 5.59. The van der Waals surface area contributed by atoms with Gasteiger partial charge in [0.15, 0.2) is 0 Å². The van der Waals surface area contributed by atoms with Crippen molar-refractivity contribution in [2.75, 3.05) is 13.1 Å². The molecule has 2 N–H and O–H groups in total. The molecule has 0 radical (unpaired) electrons. The Kier molecular flexibility index (Phi) is 5.97. The third-order valence-corrected chi connectivity index (χ3v) is 5.59. The Morgan fingerprint density at radius 1 is 1.04 bits per heavy atom. The summed E-state index contributed by atoms with van der Waals surface area (Å²) in [5, 5.41) is 12.7. The minimum atomic E-state index is -0.219. The van der Waals surface area contributed by atoms with Gasteiger partial charge in [0, 0.05) is 24.7 Å². The molecule has 1 aliphatic heterocycles. The van der Waals surface area contributed by atoms with E-state index in [0.717, 1.165) is 49.7 Å². The van der Waals surface area contributed by atoms with Crippen molar-refractivity contribution in [1.29, 1.82) is 0 Å². The first kappa shape index (κ1) is 18.9. The molecule has 1 saturated heterocycles.